The van der Waals surface area contributed by atoms with E-state index in [1.807, 2.05) is 0 Å². The van der Waals surface area contributed by atoms with Gasteiger partial charge >= 0.3 is 0 Å². The molecular formula is C12H14BrN3O3S. The number of carbonyl (C=O) groups excluding carboxylic acids is 1. The molecule has 1 aliphatic rings. The first-order valence-electron chi connectivity index (χ1n) is 5.84. The first-order valence-corrected chi connectivity index (χ1v) is 8.18. The summed E-state index contributed by atoms with van der Waals surface area (Å²) in [6.07, 6.45) is 4.13. The predicted molar refractivity (Wildman–Crippen MR) is 79.4 cm³/mol. The topological polar surface area (TPSA) is 115 Å². The number of halogens is 1. The summed E-state index contributed by atoms with van der Waals surface area (Å²) in [5.74, 6) is -0.451. The Morgan fingerprint density at radius 1 is 1.35 bits per heavy atom. The van der Waals surface area contributed by atoms with Crippen LogP contribution in [0.15, 0.2) is 39.7 Å². The number of hydrogen-bond acceptors (Lipinski definition) is 4. The van der Waals surface area contributed by atoms with Crippen molar-refractivity contribution in [1.82, 2.24) is 0 Å². The van der Waals surface area contributed by atoms with E-state index in [9.17, 15) is 13.2 Å². The van der Waals surface area contributed by atoms with Gasteiger partial charge in [-0.05, 0) is 40.5 Å². The summed E-state index contributed by atoms with van der Waals surface area (Å²) >= 11 is 3.21. The maximum atomic E-state index is 12.0. The molecule has 2 atom stereocenters. The SMILES string of the molecule is NC1C=CC(C(=O)Nc2ccc(S(N)(=O)=O)cc2Br)C1. The maximum Gasteiger partial charge on any atom is 0.238 e. The molecule has 1 aromatic rings. The van der Waals surface area contributed by atoms with Crippen LogP contribution in [0.1, 0.15) is 6.42 Å². The third-order valence-electron chi connectivity index (χ3n) is 2.98. The number of nitrogens with two attached hydrogens (primary N) is 2. The molecule has 0 bridgehead atoms. The highest BCUT2D eigenvalue weighted by Crippen LogP contribution is 2.27. The molecule has 2 unspecified atom stereocenters. The van der Waals surface area contributed by atoms with Gasteiger partial charge in [0.2, 0.25) is 15.9 Å². The number of nitrogens with one attached hydrogen (secondary N) is 1. The molecule has 0 aliphatic heterocycles. The largest absolute Gasteiger partial charge is 0.325 e. The van der Waals surface area contributed by atoms with Crippen molar-refractivity contribution in [2.45, 2.75) is 17.4 Å². The third kappa shape index (κ3) is 3.45. The Labute approximate surface area is 125 Å². The lowest BCUT2D eigenvalue weighted by Gasteiger charge is -2.12. The van der Waals surface area contributed by atoms with Crippen molar-refractivity contribution in [3.63, 3.8) is 0 Å². The molecule has 1 amide bonds. The molecule has 108 valence electrons. The molecule has 0 saturated carbocycles. The van der Waals surface area contributed by atoms with Gasteiger partial charge in [-0.15, -0.1) is 0 Å². The lowest BCUT2D eigenvalue weighted by atomic mass is 10.1. The Kier molecular flexibility index (Phi) is 4.28. The molecule has 6 nitrogen and oxygen atoms in total. The highest BCUT2D eigenvalue weighted by atomic mass is 79.9. The molecule has 0 saturated heterocycles. The number of benzene rings is 1. The fourth-order valence-electron chi connectivity index (χ4n) is 1.92. The van der Waals surface area contributed by atoms with Gasteiger partial charge in [0.05, 0.1) is 16.5 Å². The van der Waals surface area contributed by atoms with Crippen molar-refractivity contribution >= 4 is 37.5 Å². The minimum Gasteiger partial charge on any atom is -0.325 e. The molecule has 1 aliphatic carbocycles. The average Bonchev–Trinajstić information content (AvgIpc) is 2.77. The molecule has 0 aromatic heterocycles. The molecule has 0 spiro atoms. The van der Waals surface area contributed by atoms with Crippen LogP contribution in [-0.2, 0) is 14.8 Å². The fourth-order valence-corrected chi connectivity index (χ4v) is 3.09. The number of sulfonamides is 1. The highest BCUT2D eigenvalue weighted by molar-refractivity contribution is 9.10. The van der Waals surface area contributed by atoms with E-state index in [1.165, 1.54) is 18.2 Å². The molecule has 0 heterocycles. The zero-order valence-electron chi connectivity index (χ0n) is 10.4. The fraction of sp³-hybridized carbons (Fsp3) is 0.250. The monoisotopic (exact) mass is 359 g/mol. The number of primary sulfonamides is 1. The van der Waals surface area contributed by atoms with Crippen LogP contribution in [0.25, 0.3) is 0 Å². The van der Waals surface area contributed by atoms with Crippen molar-refractivity contribution in [2.24, 2.45) is 16.8 Å². The summed E-state index contributed by atoms with van der Waals surface area (Å²) in [4.78, 5) is 12.0. The van der Waals surface area contributed by atoms with Crippen LogP contribution >= 0.6 is 15.9 Å². The highest BCUT2D eigenvalue weighted by Gasteiger charge is 2.23. The van der Waals surface area contributed by atoms with Crippen molar-refractivity contribution in [3.05, 3.63) is 34.8 Å². The van der Waals surface area contributed by atoms with E-state index in [0.717, 1.165) is 0 Å². The lowest BCUT2D eigenvalue weighted by molar-refractivity contribution is -0.118. The molecular weight excluding hydrogens is 346 g/mol. The van der Waals surface area contributed by atoms with Crippen molar-refractivity contribution in [1.29, 1.82) is 0 Å². The van der Waals surface area contributed by atoms with Crippen LogP contribution in [0, 0.1) is 5.92 Å². The Morgan fingerprint density at radius 3 is 2.55 bits per heavy atom. The smallest absolute Gasteiger partial charge is 0.238 e. The normalized spacial score (nSPS) is 21.9. The Balaban J connectivity index is 2.15. The minimum atomic E-state index is -3.76. The van der Waals surface area contributed by atoms with Crippen molar-refractivity contribution in [2.75, 3.05) is 5.32 Å². The van der Waals surface area contributed by atoms with Gasteiger partial charge in [0.1, 0.15) is 0 Å². The van der Waals surface area contributed by atoms with Gasteiger partial charge in [-0.3, -0.25) is 4.79 Å². The Morgan fingerprint density at radius 2 is 2.05 bits per heavy atom. The summed E-state index contributed by atoms with van der Waals surface area (Å²) in [6.45, 7) is 0. The van der Waals surface area contributed by atoms with Crippen LogP contribution in [-0.4, -0.2) is 20.4 Å². The van der Waals surface area contributed by atoms with Crippen LogP contribution < -0.4 is 16.2 Å². The van der Waals surface area contributed by atoms with Crippen LogP contribution in [0.4, 0.5) is 5.69 Å². The van der Waals surface area contributed by atoms with Crippen molar-refractivity contribution < 1.29 is 13.2 Å². The van der Waals surface area contributed by atoms with E-state index in [1.54, 1.807) is 12.2 Å². The second-order valence-electron chi connectivity index (χ2n) is 4.57. The lowest BCUT2D eigenvalue weighted by Crippen LogP contribution is -2.24. The molecule has 20 heavy (non-hydrogen) atoms. The summed E-state index contributed by atoms with van der Waals surface area (Å²) in [7, 11) is -3.76. The van der Waals surface area contributed by atoms with E-state index in [0.29, 0.717) is 16.6 Å². The van der Waals surface area contributed by atoms with Gasteiger partial charge in [0.25, 0.3) is 0 Å². The van der Waals surface area contributed by atoms with E-state index in [-0.39, 0.29) is 22.8 Å². The zero-order valence-corrected chi connectivity index (χ0v) is 12.8. The van der Waals surface area contributed by atoms with Crippen LogP contribution in [0.5, 0.6) is 0 Å². The van der Waals surface area contributed by atoms with E-state index < -0.39 is 10.0 Å². The molecule has 0 radical (unpaired) electrons. The third-order valence-corrected chi connectivity index (χ3v) is 4.55. The van der Waals surface area contributed by atoms with Gasteiger partial charge in [-0.25, -0.2) is 13.6 Å². The number of hydrogen-bond donors (Lipinski definition) is 3. The average molecular weight is 360 g/mol. The first-order chi connectivity index (χ1) is 9.27. The predicted octanol–water partition coefficient (Wildman–Crippen LogP) is 0.938. The van der Waals surface area contributed by atoms with E-state index >= 15 is 0 Å². The summed E-state index contributed by atoms with van der Waals surface area (Å²) < 4.78 is 22.9. The molecule has 2 rings (SSSR count). The summed E-state index contributed by atoms with van der Waals surface area (Å²) in [5.41, 5.74) is 6.18. The van der Waals surface area contributed by atoms with E-state index in [4.69, 9.17) is 10.9 Å². The summed E-state index contributed by atoms with van der Waals surface area (Å²) in [5, 5.41) is 7.76. The number of rotatable bonds is 3. The molecule has 0 fully saturated rings. The maximum absolute atomic E-state index is 12.0. The molecule has 1 aromatic carbocycles. The number of carbonyl (C=O) groups is 1. The quantitative estimate of drug-likeness (QED) is 0.696. The first kappa shape index (κ1) is 15.2. The van der Waals surface area contributed by atoms with Crippen molar-refractivity contribution in [3.8, 4) is 0 Å². The van der Waals surface area contributed by atoms with Gasteiger partial charge in [0, 0.05) is 10.5 Å². The molecule has 8 heteroatoms. The van der Waals surface area contributed by atoms with E-state index in [2.05, 4.69) is 21.2 Å². The number of anilines is 1. The second-order valence-corrected chi connectivity index (χ2v) is 6.98. The van der Waals surface area contributed by atoms with Crippen LogP contribution in [0.3, 0.4) is 0 Å². The zero-order chi connectivity index (χ0) is 14.9. The molecule has 5 N–H and O–H groups in total. The Bertz CT molecular complexity index is 673. The minimum absolute atomic E-state index is 0.0230. The number of amides is 1. The standard InChI is InChI=1S/C12H14BrN3O3S/c13-10-6-9(20(15,18)19)3-4-11(10)16-12(17)7-1-2-8(14)5-7/h1-4,6-8H,5,14H2,(H,16,17)(H2,15,18,19). The second kappa shape index (κ2) is 5.65. The Hall–Kier alpha value is -1.22. The van der Waals surface area contributed by atoms with Gasteiger partial charge < -0.3 is 11.1 Å². The van der Waals surface area contributed by atoms with Gasteiger partial charge in [-0.2, -0.15) is 0 Å². The van der Waals surface area contributed by atoms with Gasteiger partial charge in [0.15, 0.2) is 0 Å². The van der Waals surface area contributed by atoms with Crippen LogP contribution in [0.2, 0.25) is 0 Å². The summed E-state index contributed by atoms with van der Waals surface area (Å²) in [6, 6.07) is 4.08. The van der Waals surface area contributed by atoms with Gasteiger partial charge in [-0.1, -0.05) is 12.2 Å².